The summed E-state index contributed by atoms with van der Waals surface area (Å²) in [4.78, 5) is 17.8. The summed E-state index contributed by atoms with van der Waals surface area (Å²) in [6.45, 7) is 1.38. The number of likely N-dealkylation sites (N-methyl/N-ethyl adjacent to an activating group) is 1. The van der Waals surface area contributed by atoms with Crippen LogP contribution >= 0.6 is 22.9 Å². The minimum absolute atomic E-state index is 0.0802. The molecule has 17 heavy (non-hydrogen) atoms. The Bertz CT molecular complexity index is 357. The van der Waals surface area contributed by atoms with Crippen LogP contribution < -0.4 is 0 Å². The Labute approximate surface area is 111 Å². The van der Waals surface area contributed by atoms with Crippen LogP contribution in [0.25, 0.3) is 0 Å². The van der Waals surface area contributed by atoms with Crippen LogP contribution in [-0.4, -0.2) is 43.1 Å². The third-order valence-electron chi connectivity index (χ3n) is 2.31. The van der Waals surface area contributed by atoms with Crippen molar-refractivity contribution >= 4 is 28.8 Å². The van der Waals surface area contributed by atoms with Crippen LogP contribution in [0, 0.1) is 0 Å². The molecule has 0 aliphatic heterocycles. The van der Waals surface area contributed by atoms with Crippen LogP contribution in [0.2, 0.25) is 0 Å². The molecular formula is C11H17ClN2O2S. The molecule has 6 heteroatoms. The minimum atomic E-state index is 0.0802. The van der Waals surface area contributed by atoms with Gasteiger partial charge in [0.2, 0.25) is 5.91 Å². The first-order valence-electron chi connectivity index (χ1n) is 5.39. The van der Waals surface area contributed by atoms with Crippen molar-refractivity contribution in [1.82, 2.24) is 9.88 Å². The molecule has 0 aliphatic rings. The molecule has 1 rings (SSSR count). The molecule has 0 unspecified atom stereocenters. The average molecular weight is 277 g/mol. The predicted octanol–water partition coefficient (Wildman–Crippen LogP) is 1.92. The second-order valence-corrected chi connectivity index (χ2v) is 4.91. The molecule has 0 fully saturated rings. The Morgan fingerprint density at radius 3 is 3.00 bits per heavy atom. The first kappa shape index (κ1) is 14.4. The normalized spacial score (nSPS) is 10.5. The number of ether oxygens (including phenoxy) is 1. The van der Waals surface area contributed by atoms with E-state index in [0.717, 1.165) is 17.1 Å². The van der Waals surface area contributed by atoms with Gasteiger partial charge >= 0.3 is 0 Å². The molecular weight excluding hydrogens is 260 g/mol. The van der Waals surface area contributed by atoms with E-state index in [0.29, 0.717) is 25.5 Å². The van der Waals surface area contributed by atoms with Crippen LogP contribution in [0.1, 0.15) is 17.1 Å². The first-order chi connectivity index (χ1) is 8.17. The number of thiazole rings is 1. The fraction of sp³-hybridized carbons (Fsp3) is 0.636. The van der Waals surface area contributed by atoms with Gasteiger partial charge in [0, 0.05) is 32.7 Å². The Hall–Kier alpha value is -0.650. The van der Waals surface area contributed by atoms with Gasteiger partial charge in [0.25, 0.3) is 0 Å². The largest absolute Gasteiger partial charge is 0.385 e. The van der Waals surface area contributed by atoms with Crippen molar-refractivity contribution in [3.8, 4) is 0 Å². The van der Waals surface area contributed by atoms with Crippen LogP contribution in [0.4, 0.5) is 0 Å². The third kappa shape index (κ3) is 5.02. The number of alkyl halides is 1. The van der Waals surface area contributed by atoms with Crippen molar-refractivity contribution in [2.45, 2.75) is 18.7 Å². The number of carbonyl (C=O) groups excluding carboxylic acids is 1. The molecule has 0 atom stereocenters. The highest BCUT2D eigenvalue weighted by molar-refractivity contribution is 7.09. The highest BCUT2D eigenvalue weighted by Gasteiger charge is 2.11. The van der Waals surface area contributed by atoms with Crippen LogP contribution in [0.15, 0.2) is 5.38 Å². The maximum Gasteiger partial charge on any atom is 0.229 e. The van der Waals surface area contributed by atoms with Gasteiger partial charge in [-0.3, -0.25) is 4.79 Å². The molecule has 4 nitrogen and oxygen atoms in total. The van der Waals surface area contributed by atoms with Gasteiger partial charge in [0.15, 0.2) is 0 Å². The van der Waals surface area contributed by atoms with Crippen molar-refractivity contribution in [2.24, 2.45) is 0 Å². The van der Waals surface area contributed by atoms with Gasteiger partial charge in [0.05, 0.1) is 18.0 Å². The Kier molecular flexibility index (Phi) is 6.47. The van der Waals surface area contributed by atoms with E-state index in [2.05, 4.69) is 4.98 Å². The van der Waals surface area contributed by atoms with E-state index in [1.165, 1.54) is 11.3 Å². The van der Waals surface area contributed by atoms with Crippen molar-refractivity contribution in [1.29, 1.82) is 0 Å². The lowest BCUT2D eigenvalue weighted by atomic mass is 10.3. The zero-order valence-electron chi connectivity index (χ0n) is 10.1. The van der Waals surface area contributed by atoms with Gasteiger partial charge in [-0.1, -0.05) is 0 Å². The number of hydrogen-bond donors (Lipinski definition) is 0. The Balaban J connectivity index is 2.37. The lowest BCUT2D eigenvalue weighted by Crippen LogP contribution is -2.29. The van der Waals surface area contributed by atoms with E-state index in [1.54, 1.807) is 19.1 Å². The molecule has 0 aliphatic carbocycles. The van der Waals surface area contributed by atoms with Gasteiger partial charge in [-0.05, 0) is 6.42 Å². The van der Waals surface area contributed by atoms with Crippen molar-refractivity contribution < 1.29 is 9.53 Å². The summed E-state index contributed by atoms with van der Waals surface area (Å²) < 4.78 is 4.95. The van der Waals surface area contributed by atoms with E-state index in [1.807, 2.05) is 5.38 Å². The summed E-state index contributed by atoms with van der Waals surface area (Å²) in [6, 6.07) is 0. The number of nitrogens with zero attached hydrogens (tertiary/aromatic N) is 2. The van der Waals surface area contributed by atoms with Crippen LogP contribution in [-0.2, 0) is 21.8 Å². The number of hydrogen-bond acceptors (Lipinski definition) is 4. The van der Waals surface area contributed by atoms with E-state index >= 15 is 0 Å². The van der Waals surface area contributed by atoms with E-state index in [4.69, 9.17) is 16.3 Å². The average Bonchev–Trinajstić information content (AvgIpc) is 2.77. The molecule has 0 N–H and O–H groups in total. The number of methoxy groups -OCH3 is 1. The predicted molar refractivity (Wildman–Crippen MR) is 69.5 cm³/mol. The summed E-state index contributed by atoms with van der Waals surface area (Å²) in [5.74, 6) is 0.477. The van der Waals surface area contributed by atoms with Gasteiger partial charge in [-0.25, -0.2) is 4.98 Å². The van der Waals surface area contributed by atoms with Crippen LogP contribution in [0.5, 0.6) is 0 Å². The molecule has 0 saturated carbocycles. The monoisotopic (exact) mass is 276 g/mol. The molecule has 0 aromatic carbocycles. The van der Waals surface area contributed by atoms with E-state index in [-0.39, 0.29) is 5.91 Å². The summed E-state index contributed by atoms with van der Waals surface area (Å²) >= 11 is 7.14. The zero-order valence-corrected chi connectivity index (χ0v) is 11.7. The molecule has 0 radical (unpaired) electrons. The topological polar surface area (TPSA) is 42.4 Å². The number of rotatable bonds is 7. The van der Waals surface area contributed by atoms with Gasteiger partial charge in [0.1, 0.15) is 5.01 Å². The van der Waals surface area contributed by atoms with E-state index < -0.39 is 0 Å². The maximum absolute atomic E-state index is 11.8. The summed E-state index contributed by atoms with van der Waals surface area (Å²) in [6.07, 6.45) is 1.20. The quantitative estimate of drug-likeness (QED) is 0.564. The molecule has 1 aromatic rings. The van der Waals surface area contributed by atoms with Crippen molar-refractivity contribution in [2.75, 3.05) is 27.3 Å². The van der Waals surface area contributed by atoms with Gasteiger partial charge in [-0.15, -0.1) is 22.9 Å². The SMILES string of the molecule is COCCCN(C)C(=O)Cc1nc(CCl)cs1. The molecule has 0 spiro atoms. The highest BCUT2D eigenvalue weighted by Crippen LogP contribution is 2.12. The standard InChI is InChI=1S/C11H17ClN2O2S/c1-14(4-3-5-16-2)11(15)6-10-13-9(7-12)8-17-10/h8H,3-7H2,1-2H3. The number of halogens is 1. The van der Waals surface area contributed by atoms with Gasteiger partial charge < -0.3 is 9.64 Å². The highest BCUT2D eigenvalue weighted by atomic mass is 35.5. The summed E-state index contributed by atoms with van der Waals surface area (Å²) in [7, 11) is 3.46. The second-order valence-electron chi connectivity index (χ2n) is 3.70. The fourth-order valence-electron chi connectivity index (χ4n) is 1.33. The molecule has 1 amide bonds. The Morgan fingerprint density at radius 2 is 2.41 bits per heavy atom. The fourth-order valence-corrected chi connectivity index (χ4v) is 2.34. The number of amides is 1. The minimum Gasteiger partial charge on any atom is -0.385 e. The summed E-state index contributed by atoms with van der Waals surface area (Å²) in [5, 5.41) is 2.71. The summed E-state index contributed by atoms with van der Waals surface area (Å²) in [5.41, 5.74) is 0.835. The molecule has 1 heterocycles. The lowest BCUT2D eigenvalue weighted by molar-refractivity contribution is -0.129. The smallest absolute Gasteiger partial charge is 0.229 e. The molecule has 96 valence electrons. The molecule has 1 aromatic heterocycles. The number of carbonyl (C=O) groups is 1. The number of aromatic nitrogens is 1. The maximum atomic E-state index is 11.8. The zero-order chi connectivity index (χ0) is 12.7. The van der Waals surface area contributed by atoms with Gasteiger partial charge in [-0.2, -0.15) is 0 Å². The van der Waals surface area contributed by atoms with E-state index in [9.17, 15) is 4.79 Å². The van der Waals surface area contributed by atoms with Crippen LogP contribution in [0.3, 0.4) is 0 Å². The third-order valence-corrected chi connectivity index (χ3v) is 3.48. The van der Waals surface area contributed by atoms with Crippen molar-refractivity contribution in [3.63, 3.8) is 0 Å². The second kappa shape index (κ2) is 7.63. The Morgan fingerprint density at radius 1 is 1.65 bits per heavy atom. The molecule has 0 bridgehead atoms. The lowest BCUT2D eigenvalue weighted by Gasteiger charge is -2.15. The first-order valence-corrected chi connectivity index (χ1v) is 6.81. The molecule has 0 saturated heterocycles. The van der Waals surface area contributed by atoms with Crippen molar-refractivity contribution in [3.05, 3.63) is 16.1 Å².